The summed E-state index contributed by atoms with van der Waals surface area (Å²) in [7, 11) is 0. The molecule has 0 aromatic heterocycles. The van der Waals surface area contributed by atoms with Crippen LogP contribution < -0.4 is 10.1 Å². The Labute approximate surface area is 318 Å². The van der Waals surface area contributed by atoms with Crippen molar-refractivity contribution in [2.45, 2.75) is 92.1 Å². The van der Waals surface area contributed by atoms with Crippen LogP contribution in [0, 0.1) is 10.1 Å². The van der Waals surface area contributed by atoms with Gasteiger partial charge in [0.1, 0.15) is 29.1 Å². The molecule has 1 heterocycles. The maximum absolute atomic E-state index is 13.4. The van der Waals surface area contributed by atoms with Crippen molar-refractivity contribution < 1.29 is 47.8 Å². The van der Waals surface area contributed by atoms with Gasteiger partial charge in [-0.3, -0.25) is 48.9 Å². The Bertz CT molecular complexity index is 1390. The second kappa shape index (κ2) is 20.5. The molecule has 17 heteroatoms. The minimum absolute atomic E-state index is 0.00772. The minimum atomic E-state index is -0.763. The SMILES string of the molecule is CC(C(=O)NCC(=O)Oc1ccc([N+](=O)[O-])cc1)N1CCN(CC(=O)OC(C)(C)C)CCN(CC(=O)OC(C)(C)C)CCN(CC(=O)OC(C)(C)C)CC1. The number of nitro groups is 1. The first-order chi connectivity index (χ1) is 24.9. The van der Waals surface area contributed by atoms with Crippen molar-refractivity contribution in [1.82, 2.24) is 24.9 Å². The van der Waals surface area contributed by atoms with E-state index in [2.05, 4.69) is 5.32 Å². The molecule has 17 nitrogen and oxygen atoms in total. The molecule has 2 rings (SSSR count). The van der Waals surface area contributed by atoms with Gasteiger partial charge >= 0.3 is 23.9 Å². The van der Waals surface area contributed by atoms with E-state index in [1.54, 1.807) is 69.2 Å². The summed E-state index contributed by atoms with van der Waals surface area (Å²) >= 11 is 0. The van der Waals surface area contributed by atoms with Gasteiger partial charge in [-0.25, -0.2) is 4.79 Å². The smallest absolute Gasteiger partial charge is 0.330 e. The fourth-order valence-electron chi connectivity index (χ4n) is 5.36. The summed E-state index contributed by atoms with van der Waals surface area (Å²) in [5.41, 5.74) is -2.21. The van der Waals surface area contributed by atoms with Crippen molar-refractivity contribution in [3.05, 3.63) is 34.4 Å². The number of nitrogens with zero attached hydrogens (tertiary/aromatic N) is 5. The number of esters is 4. The van der Waals surface area contributed by atoms with Crippen LogP contribution in [0.15, 0.2) is 24.3 Å². The van der Waals surface area contributed by atoms with E-state index in [-0.39, 0.29) is 31.1 Å². The number of hydrogen-bond acceptors (Lipinski definition) is 15. The zero-order chi connectivity index (χ0) is 40.9. The van der Waals surface area contributed by atoms with Gasteiger partial charge < -0.3 is 24.3 Å². The summed E-state index contributed by atoms with van der Waals surface area (Å²) in [6.07, 6.45) is 0. The predicted molar refractivity (Wildman–Crippen MR) is 200 cm³/mol. The van der Waals surface area contributed by atoms with Gasteiger partial charge in [0.25, 0.3) is 5.69 Å². The van der Waals surface area contributed by atoms with Crippen LogP contribution in [0.1, 0.15) is 69.2 Å². The lowest BCUT2D eigenvalue weighted by Gasteiger charge is -2.36. The average Bonchev–Trinajstić information content (AvgIpc) is 3.00. The summed E-state index contributed by atoms with van der Waals surface area (Å²) in [6.45, 7) is 20.3. The predicted octanol–water partition coefficient (Wildman–Crippen LogP) is 2.25. The summed E-state index contributed by atoms with van der Waals surface area (Å²) in [4.78, 5) is 82.8. The number of carbonyl (C=O) groups excluding carboxylic acids is 5. The van der Waals surface area contributed by atoms with Crippen LogP contribution in [0.5, 0.6) is 5.75 Å². The second-order valence-corrected chi connectivity index (χ2v) is 16.2. The molecule has 0 bridgehead atoms. The molecule has 54 heavy (non-hydrogen) atoms. The lowest BCUT2D eigenvalue weighted by Crippen LogP contribution is -2.53. The molecule has 1 aliphatic rings. The summed E-state index contributed by atoms with van der Waals surface area (Å²) in [5.74, 6) is -2.35. The van der Waals surface area contributed by atoms with Gasteiger partial charge in [-0.15, -0.1) is 0 Å². The van der Waals surface area contributed by atoms with E-state index in [1.807, 2.05) is 19.6 Å². The highest BCUT2D eigenvalue weighted by atomic mass is 16.6. The molecule has 1 aromatic rings. The highest BCUT2D eigenvalue weighted by Gasteiger charge is 2.28. The van der Waals surface area contributed by atoms with Crippen molar-refractivity contribution in [2.75, 3.05) is 78.5 Å². The highest BCUT2D eigenvalue weighted by Crippen LogP contribution is 2.17. The third-order valence-electron chi connectivity index (χ3n) is 7.80. The standard InChI is InChI=1S/C37H60N6O11/c1-27(34(48)38-23-30(44)51-29-13-11-28(12-14-29)43(49)50)42-21-19-40(25-32(46)53-36(5,6)7)17-15-39(24-31(45)52-35(2,3)4)16-18-41(20-22-42)26-33(47)54-37(8,9)10/h11-14,27H,15-26H2,1-10H3,(H,38,48). The van der Waals surface area contributed by atoms with E-state index < -0.39 is 64.1 Å². The molecule has 0 radical (unpaired) electrons. The molecule has 1 N–H and O–H groups in total. The molecule has 1 amide bonds. The minimum Gasteiger partial charge on any atom is -0.459 e. The first-order valence-electron chi connectivity index (χ1n) is 18.2. The maximum atomic E-state index is 13.4. The van der Waals surface area contributed by atoms with Gasteiger partial charge in [0, 0.05) is 64.5 Å². The van der Waals surface area contributed by atoms with Crippen molar-refractivity contribution in [2.24, 2.45) is 0 Å². The van der Waals surface area contributed by atoms with Crippen LogP contribution in [-0.4, -0.2) is 156 Å². The fraction of sp³-hybridized carbons (Fsp3) is 0.703. The molecule has 0 spiro atoms. The Kier molecular flexibility index (Phi) is 17.4. The van der Waals surface area contributed by atoms with Crippen molar-refractivity contribution in [1.29, 1.82) is 0 Å². The number of ether oxygens (including phenoxy) is 4. The normalized spacial score (nSPS) is 16.9. The van der Waals surface area contributed by atoms with Gasteiger partial charge in [-0.1, -0.05) is 0 Å². The van der Waals surface area contributed by atoms with Crippen molar-refractivity contribution >= 4 is 35.5 Å². The van der Waals surface area contributed by atoms with Crippen LogP contribution >= 0.6 is 0 Å². The maximum Gasteiger partial charge on any atom is 0.330 e. The van der Waals surface area contributed by atoms with Crippen LogP contribution in [-0.2, 0) is 38.2 Å². The van der Waals surface area contributed by atoms with E-state index in [0.29, 0.717) is 52.4 Å². The van der Waals surface area contributed by atoms with E-state index in [4.69, 9.17) is 18.9 Å². The molecule has 304 valence electrons. The molecule has 1 aliphatic heterocycles. The highest BCUT2D eigenvalue weighted by molar-refractivity contribution is 5.86. The lowest BCUT2D eigenvalue weighted by molar-refractivity contribution is -0.384. The third kappa shape index (κ3) is 19.2. The number of nitro benzene ring substituents is 1. The van der Waals surface area contributed by atoms with Gasteiger partial charge in [-0.2, -0.15) is 0 Å². The van der Waals surface area contributed by atoms with E-state index in [9.17, 15) is 34.1 Å². The molecular formula is C37H60N6O11. The molecule has 0 saturated carbocycles. The number of non-ortho nitro benzene ring substituents is 1. The van der Waals surface area contributed by atoms with Crippen molar-refractivity contribution in [3.8, 4) is 5.75 Å². The van der Waals surface area contributed by atoms with Crippen LogP contribution in [0.4, 0.5) is 5.69 Å². The average molecular weight is 765 g/mol. The topological polar surface area (TPSA) is 190 Å². The third-order valence-corrected chi connectivity index (χ3v) is 7.80. The van der Waals surface area contributed by atoms with Gasteiger partial charge in [-0.05, 0) is 81.4 Å². The van der Waals surface area contributed by atoms with Gasteiger partial charge in [0.05, 0.1) is 30.6 Å². The van der Waals surface area contributed by atoms with Crippen LogP contribution in [0.25, 0.3) is 0 Å². The van der Waals surface area contributed by atoms with E-state index in [0.717, 1.165) is 0 Å². The number of benzene rings is 1. The van der Waals surface area contributed by atoms with Gasteiger partial charge in [0.15, 0.2) is 0 Å². The second-order valence-electron chi connectivity index (χ2n) is 16.2. The zero-order valence-corrected chi connectivity index (χ0v) is 33.6. The fourth-order valence-corrected chi connectivity index (χ4v) is 5.36. The number of nitrogens with one attached hydrogen (secondary N) is 1. The Hall–Kier alpha value is -4.19. The lowest BCUT2D eigenvalue weighted by atomic mass is 10.2. The first-order valence-corrected chi connectivity index (χ1v) is 18.2. The Balaban J connectivity index is 2.28. The number of rotatable bonds is 12. The molecular weight excluding hydrogens is 704 g/mol. The van der Waals surface area contributed by atoms with Crippen molar-refractivity contribution in [3.63, 3.8) is 0 Å². The number of hydrogen-bond donors (Lipinski definition) is 1. The summed E-state index contributed by atoms with van der Waals surface area (Å²) in [6, 6.07) is 4.25. The summed E-state index contributed by atoms with van der Waals surface area (Å²) < 4.78 is 22.0. The largest absolute Gasteiger partial charge is 0.459 e. The molecule has 1 atom stereocenters. The molecule has 1 saturated heterocycles. The molecule has 1 aromatic carbocycles. The number of carbonyl (C=O) groups is 5. The zero-order valence-electron chi connectivity index (χ0n) is 33.6. The monoisotopic (exact) mass is 764 g/mol. The van der Waals surface area contributed by atoms with Gasteiger partial charge in [0.2, 0.25) is 5.91 Å². The molecule has 0 aliphatic carbocycles. The molecule has 1 unspecified atom stereocenters. The van der Waals surface area contributed by atoms with Crippen LogP contribution in [0.3, 0.4) is 0 Å². The Morgan fingerprint density at radius 2 is 1.00 bits per heavy atom. The number of amides is 1. The molecule has 1 fully saturated rings. The first kappa shape index (κ1) is 46.0. The Morgan fingerprint density at radius 3 is 1.33 bits per heavy atom. The van der Waals surface area contributed by atoms with Crippen LogP contribution in [0.2, 0.25) is 0 Å². The Morgan fingerprint density at radius 1 is 0.648 bits per heavy atom. The summed E-state index contributed by atoms with van der Waals surface area (Å²) in [5, 5.41) is 13.5. The van der Waals surface area contributed by atoms with E-state index >= 15 is 0 Å². The quantitative estimate of drug-likeness (QED) is 0.107. The van der Waals surface area contributed by atoms with E-state index in [1.165, 1.54) is 24.3 Å².